The van der Waals surface area contributed by atoms with Crippen molar-refractivity contribution >= 4 is 28.8 Å². The van der Waals surface area contributed by atoms with Crippen LogP contribution in [0.3, 0.4) is 0 Å². The Labute approximate surface area is 90.4 Å². The Morgan fingerprint density at radius 2 is 2.50 bits per heavy atom. The van der Waals surface area contributed by atoms with Crippen LogP contribution < -0.4 is 5.48 Å². The van der Waals surface area contributed by atoms with Crippen LogP contribution in [0.2, 0.25) is 4.34 Å². The van der Waals surface area contributed by atoms with Crippen molar-refractivity contribution in [1.82, 2.24) is 5.48 Å². The number of amides is 1. The highest BCUT2D eigenvalue weighted by molar-refractivity contribution is 7.16. The molecule has 6 heteroatoms. The number of carbonyl (C=O) groups excluding carboxylic acids is 1. The van der Waals surface area contributed by atoms with Gasteiger partial charge in [-0.15, -0.1) is 11.3 Å². The number of hydrogen-bond acceptors (Lipinski definition) is 4. The average molecular weight is 236 g/mol. The van der Waals surface area contributed by atoms with E-state index in [0.717, 1.165) is 4.88 Å². The van der Waals surface area contributed by atoms with Gasteiger partial charge in [-0.3, -0.25) is 9.63 Å². The van der Waals surface area contributed by atoms with Gasteiger partial charge in [0.1, 0.15) is 4.34 Å². The van der Waals surface area contributed by atoms with Crippen LogP contribution >= 0.6 is 22.9 Å². The van der Waals surface area contributed by atoms with E-state index in [0.29, 0.717) is 9.90 Å². The maximum absolute atomic E-state index is 11.4. The fourth-order valence-corrected chi connectivity index (χ4v) is 2.08. The van der Waals surface area contributed by atoms with Crippen LogP contribution in [0.25, 0.3) is 0 Å². The smallest absolute Gasteiger partial charge is 0.277 e. The molecule has 0 aromatic carbocycles. The minimum atomic E-state index is -0.396. The van der Waals surface area contributed by atoms with Gasteiger partial charge < -0.3 is 5.11 Å². The lowest BCUT2D eigenvalue weighted by Crippen LogP contribution is -2.24. The Balaban J connectivity index is 2.56. The van der Waals surface area contributed by atoms with Crippen LogP contribution in [0.4, 0.5) is 0 Å². The quantitative estimate of drug-likeness (QED) is 0.612. The van der Waals surface area contributed by atoms with Crippen LogP contribution in [-0.4, -0.2) is 24.2 Å². The Morgan fingerprint density at radius 1 is 1.79 bits per heavy atom. The molecule has 0 bridgehead atoms. The second-order valence-corrected chi connectivity index (χ2v) is 4.41. The summed E-state index contributed by atoms with van der Waals surface area (Å²) in [6.45, 7) is 1.78. The van der Waals surface area contributed by atoms with E-state index in [1.807, 2.05) is 6.92 Å². The fraction of sp³-hybridized carbons (Fsp3) is 0.375. The molecule has 4 nitrogen and oxygen atoms in total. The number of aliphatic hydroxyl groups excluding tert-OH is 1. The van der Waals surface area contributed by atoms with Crippen LogP contribution in [-0.2, 0) is 4.84 Å². The molecule has 0 saturated heterocycles. The molecule has 1 amide bonds. The molecule has 0 aliphatic rings. The molecule has 1 rings (SSSR count). The van der Waals surface area contributed by atoms with Gasteiger partial charge in [-0.25, -0.2) is 5.48 Å². The molecule has 0 radical (unpaired) electrons. The van der Waals surface area contributed by atoms with Gasteiger partial charge in [0.05, 0.1) is 18.8 Å². The summed E-state index contributed by atoms with van der Waals surface area (Å²) in [5, 5.41) is 8.41. The average Bonchev–Trinajstić information content (AvgIpc) is 2.45. The van der Waals surface area contributed by atoms with Gasteiger partial charge in [0.2, 0.25) is 0 Å². The third-order valence-corrected chi connectivity index (χ3v) is 2.69. The van der Waals surface area contributed by atoms with Crippen molar-refractivity contribution in [3.63, 3.8) is 0 Å². The lowest BCUT2D eigenvalue weighted by Gasteiger charge is -2.02. The van der Waals surface area contributed by atoms with Crippen molar-refractivity contribution in [2.24, 2.45) is 0 Å². The Morgan fingerprint density at radius 3 is 3.00 bits per heavy atom. The van der Waals surface area contributed by atoms with Crippen LogP contribution in [0, 0.1) is 6.92 Å². The van der Waals surface area contributed by atoms with E-state index in [-0.39, 0.29) is 13.2 Å². The predicted molar refractivity (Wildman–Crippen MR) is 54.6 cm³/mol. The maximum Gasteiger partial charge on any atom is 0.277 e. The van der Waals surface area contributed by atoms with E-state index in [1.54, 1.807) is 6.07 Å². The molecule has 1 aromatic rings. The second kappa shape index (κ2) is 5.31. The van der Waals surface area contributed by atoms with Gasteiger partial charge in [0.15, 0.2) is 0 Å². The maximum atomic E-state index is 11.4. The Bertz CT molecular complexity index is 326. The van der Waals surface area contributed by atoms with Crippen molar-refractivity contribution in [2.45, 2.75) is 6.92 Å². The predicted octanol–water partition coefficient (Wildman–Crippen LogP) is 1.36. The van der Waals surface area contributed by atoms with Crippen molar-refractivity contribution < 1.29 is 14.7 Å². The Hall–Kier alpha value is -0.620. The summed E-state index contributed by atoms with van der Waals surface area (Å²) in [5.41, 5.74) is 2.57. The number of aliphatic hydroxyl groups is 1. The second-order valence-electron chi connectivity index (χ2n) is 2.55. The molecule has 0 spiro atoms. The lowest BCUT2D eigenvalue weighted by molar-refractivity contribution is 0.0168. The highest BCUT2D eigenvalue weighted by Crippen LogP contribution is 2.26. The third kappa shape index (κ3) is 2.95. The first-order chi connectivity index (χ1) is 6.65. The van der Waals surface area contributed by atoms with Crippen LogP contribution in [0.1, 0.15) is 15.2 Å². The number of hydrogen-bond donors (Lipinski definition) is 2. The third-order valence-electron chi connectivity index (χ3n) is 1.41. The SMILES string of the molecule is Cc1cc(C(=O)NOCCO)c(Cl)s1. The number of nitrogens with one attached hydrogen (secondary N) is 1. The van der Waals surface area contributed by atoms with Gasteiger partial charge in [-0.1, -0.05) is 11.6 Å². The molecular formula is C8H10ClNO3S. The number of thiophene rings is 1. The van der Waals surface area contributed by atoms with Gasteiger partial charge in [0, 0.05) is 4.88 Å². The normalized spacial score (nSPS) is 10.2. The van der Waals surface area contributed by atoms with Crippen molar-refractivity contribution in [3.05, 3.63) is 20.8 Å². The van der Waals surface area contributed by atoms with E-state index in [9.17, 15) is 4.79 Å². The van der Waals surface area contributed by atoms with E-state index in [2.05, 4.69) is 10.3 Å². The summed E-state index contributed by atoms with van der Waals surface area (Å²) in [5.74, 6) is -0.396. The molecule has 0 atom stereocenters. The summed E-state index contributed by atoms with van der Waals surface area (Å²) >= 11 is 7.14. The molecule has 78 valence electrons. The summed E-state index contributed by atoms with van der Waals surface area (Å²) in [6, 6.07) is 1.69. The largest absolute Gasteiger partial charge is 0.394 e. The first kappa shape index (κ1) is 11.5. The summed E-state index contributed by atoms with van der Waals surface area (Å²) in [4.78, 5) is 17.0. The van der Waals surface area contributed by atoms with Crippen molar-refractivity contribution in [2.75, 3.05) is 13.2 Å². The molecule has 1 heterocycles. The minimum Gasteiger partial charge on any atom is -0.394 e. The standard InChI is InChI=1S/C8H10ClNO3S/c1-5-4-6(7(9)14-5)8(12)10-13-3-2-11/h4,11H,2-3H2,1H3,(H,10,12). The molecule has 0 fully saturated rings. The highest BCUT2D eigenvalue weighted by Gasteiger charge is 2.12. The molecule has 0 aliphatic heterocycles. The number of hydroxylamine groups is 1. The van der Waals surface area contributed by atoms with E-state index >= 15 is 0 Å². The van der Waals surface area contributed by atoms with E-state index < -0.39 is 5.91 Å². The molecule has 0 saturated carbocycles. The van der Waals surface area contributed by atoms with Crippen LogP contribution in [0.5, 0.6) is 0 Å². The topological polar surface area (TPSA) is 58.6 Å². The fourth-order valence-electron chi connectivity index (χ4n) is 0.858. The summed E-state index contributed by atoms with van der Waals surface area (Å²) in [6.07, 6.45) is 0. The first-order valence-electron chi connectivity index (χ1n) is 3.94. The van der Waals surface area contributed by atoms with Crippen LogP contribution in [0.15, 0.2) is 6.07 Å². The zero-order valence-electron chi connectivity index (χ0n) is 7.54. The highest BCUT2D eigenvalue weighted by atomic mass is 35.5. The molecule has 14 heavy (non-hydrogen) atoms. The molecular weight excluding hydrogens is 226 g/mol. The molecule has 1 aromatic heterocycles. The van der Waals surface area contributed by atoms with Crippen molar-refractivity contribution in [3.8, 4) is 0 Å². The zero-order chi connectivity index (χ0) is 10.6. The number of halogens is 1. The minimum absolute atomic E-state index is 0.0620. The van der Waals surface area contributed by atoms with Gasteiger partial charge in [-0.2, -0.15) is 0 Å². The van der Waals surface area contributed by atoms with Gasteiger partial charge in [0.25, 0.3) is 5.91 Å². The lowest BCUT2D eigenvalue weighted by atomic mass is 10.3. The Kier molecular flexibility index (Phi) is 4.34. The summed E-state index contributed by atoms with van der Waals surface area (Å²) in [7, 11) is 0. The van der Waals surface area contributed by atoms with Crippen molar-refractivity contribution in [1.29, 1.82) is 0 Å². The van der Waals surface area contributed by atoms with E-state index in [4.69, 9.17) is 16.7 Å². The first-order valence-corrected chi connectivity index (χ1v) is 5.13. The molecule has 0 unspecified atom stereocenters. The zero-order valence-corrected chi connectivity index (χ0v) is 9.11. The van der Waals surface area contributed by atoms with Gasteiger partial charge in [-0.05, 0) is 13.0 Å². The van der Waals surface area contributed by atoms with E-state index in [1.165, 1.54) is 11.3 Å². The number of rotatable bonds is 4. The summed E-state index contributed by atoms with van der Waals surface area (Å²) < 4.78 is 0.438. The van der Waals surface area contributed by atoms with Gasteiger partial charge >= 0.3 is 0 Å². The number of aryl methyl sites for hydroxylation is 1. The molecule has 0 aliphatic carbocycles. The number of carbonyl (C=O) groups is 1. The molecule has 2 N–H and O–H groups in total. The monoisotopic (exact) mass is 235 g/mol.